The highest BCUT2D eigenvalue weighted by Gasteiger charge is 2.16. The summed E-state index contributed by atoms with van der Waals surface area (Å²) in [5, 5.41) is 12.5. The van der Waals surface area contributed by atoms with Crippen molar-refractivity contribution in [2.24, 2.45) is 0 Å². The number of aryl methyl sites for hydroxylation is 1. The number of nitrogens with one attached hydrogen (secondary N) is 1. The standard InChI is InChI=1S/C19H18ClN3O3/c1-13-2-3-15(11-17(13)20)22-19(24)14(12-21)10-16-4-5-18(26-16)23-6-8-25-9-7-23/h2-5,10-11H,6-9H2,1H3,(H,22,24). The third-order valence-electron chi connectivity index (χ3n) is 4.02. The summed E-state index contributed by atoms with van der Waals surface area (Å²) in [6.07, 6.45) is 1.43. The van der Waals surface area contributed by atoms with Crippen LogP contribution in [0.25, 0.3) is 6.08 Å². The van der Waals surface area contributed by atoms with Crippen LogP contribution in [-0.4, -0.2) is 32.2 Å². The largest absolute Gasteiger partial charge is 0.441 e. The number of anilines is 2. The van der Waals surface area contributed by atoms with Crippen LogP contribution in [0.3, 0.4) is 0 Å². The minimum absolute atomic E-state index is 0.0513. The fraction of sp³-hybridized carbons (Fsp3) is 0.263. The van der Waals surface area contributed by atoms with E-state index < -0.39 is 5.91 Å². The van der Waals surface area contributed by atoms with Crippen molar-refractivity contribution in [3.8, 4) is 6.07 Å². The first kappa shape index (κ1) is 18.1. The van der Waals surface area contributed by atoms with E-state index in [-0.39, 0.29) is 5.57 Å². The topological polar surface area (TPSA) is 78.5 Å². The van der Waals surface area contributed by atoms with E-state index in [1.807, 2.05) is 19.1 Å². The third kappa shape index (κ3) is 4.26. The molecule has 2 heterocycles. The SMILES string of the molecule is Cc1ccc(NC(=O)C(C#N)=Cc2ccc(N3CCOCC3)o2)cc1Cl. The Labute approximate surface area is 156 Å². The Hall–Kier alpha value is -2.75. The number of nitrogens with zero attached hydrogens (tertiary/aromatic N) is 2. The number of carbonyl (C=O) groups excluding carboxylic acids is 1. The first-order valence-corrected chi connectivity index (χ1v) is 8.56. The molecule has 1 fully saturated rings. The number of amides is 1. The molecule has 134 valence electrons. The summed E-state index contributed by atoms with van der Waals surface area (Å²) in [6, 6.07) is 10.6. The van der Waals surface area contributed by atoms with Gasteiger partial charge in [0.25, 0.3) is 5.91 Å². The summed E-state index contributed by atoms with van der Waals surface area (Å²) in [5.74, 6) is 0.624. The molecule has 1 N–H and O–H groups in total. The van der Waals surface area contributed by atoms with Crippen molar-refractivity contribution in [1.82, 2.24) is 0 Å². The number of carbonyl (C=O) groups is 1. The molecule has 0 atom stereocenters. The number of hydrogen-bond acceptors (Lipinski definition) is 5. The molecule has 1 amide bonds. The maximum atomic E-state index is 12.3. The Morgan fingerprint density at radius 3 is 2.77 bits per heavy atom. The molecule has 1 aromatic carbocycles. The van der Waals surface area contributed by atoms with Gasteiger partial charge in [0, 0.05) is 35.9 Å². The van der Waals surface area contributed by atoms with Crippen molar-refractivity contribution < 1.29 is 13.9 Å². The van der Waals surface area contributed by atoms with E-state index in [2.05, 4.69) is 10.2 Å². The van der Waals surface area contributed by atoms with Crippen molar-refractivity contribution in [1.29, 1.82) is 5.26 Å². The third-order valence-corrected chi connectivity index (χ3v) is 4.42. The van der Waals surface area contributed by atoms with Crippen LogP contribution in [0.15, 0.2) is 40.3 Å². The van der Waals surface area contributed by atoms with Gasteiger partial charge in [-0.1, -0.05) is 17.7 Å². The van der Waals surface area contributed by atoms with Crippen molar-refractivity contribution >= 4 is 35.2 Å². The smallest absolute Gasteiger partial charge is 0.266 e. The molecule has 26 heavy (non-hydrogen) atoms. The van der Waals surface area contributed by atoms with Gasteiger partial charge in [0.15, 0.2) is 5.88 Å². The normalized spacial score (nSPS) is 14.8. The fourth-order valence-electron chi connectivity index (χ4n) is 2.53. The maximum Gasteiger partial charge on any atom is 0.266 e. The quantitative estimate of drug-likeness (QED) is 0.656. The number of ether oxygens (including phenoxy) is 1. The molecule has 1 aromatic heterocycles. The number of hydrogen-bond donors (Lipinski definition) is 1. The van der Waals surface area contributed by atoms with Gasteiger partial charge in [-0.3, -0.25) is 4.79 Å². The molecule has 2 aromatic rings. The number of benzene rings is 1. The zero-order valence-corrected chi connectivity index (χ0v) is 15.0. The second-order valence-corrected chi connectivity index (χ2v) is 6.27. The van der Waals surface area contributed by atoms with Crippen LogP contribution >= 0.6 is 11.6 Å². The summed E-state index contributed by atoms with van der Waals surface area (Å²) in [7, 11) is 0. The Morgan fingerprint density at radius 1 is 1.31 bits per heavy atom. The van der Waals surface area contributed by atoms with Gasteiger partial charge >= 0.3 is 0 Å². The Kier molecular flexibility index (Phi) is 5.61. The Morgan fingerprint density at radius 2 is 2.08 bits per heavy atom. The highest BCUT2D eigenvalue weighted by Crippen LogP contribution is 2.23. The summed E-state index contributed by atoms with van der Waals surface area (Å²) < 4.78 is 11.0. The van der Waals surface area contributed by atoms with Crippen molar-refractivity contribution in [2.75, 3.05) is 36.5 Å². The Bertz CT molecular complexity index is 876. The van der Waals surface area contributed by atoms with Crippen LogP contribution in [0, 0.1) is 18.3 Å². The lowest BCUT2D eigenvalue weighted by Crippen LogP contribution is -2.35. The molecule has 0 spiro atoms. The monoisotopic (exact) mass is 371 g/mol. The molecule has 0 bridgehead atoms. The first-order chi connectivity index (χ1) is 12.6. The highest BCUT2D eigenvalue weighted by atomic mass is 35.5. The molecule has 1 aliphatic heterocycles. The average Bonchev–Trinajstić information content (AvgIpc) is 3.12. The predicted octanol–water partition coefficient (Wildman–Crippen LogP) is 3.62. The second-order valence-electron chi connectivity index (χ2n) is 5.86. The van der Waals surface area contributed by atoms with Crippen LogP contribution in [0.1, 0.15) is 11.3 Å². The van der Waals surface area contributed by atoms with E-state index in [0.29, 0.717) is 35.6 Å². The van der Waals surface area contributed by atoms with Crippen LogP contribution in [0.2, 0.25) is 5.02 Å². The van der Waals surface area contributed by atoms with E-state index in [1.54, 1.807) is 24.3 Å². The molecule has 3 rings (SSSR count). The number of rotatable bonds is 4. The zero-order valence-electron chi connectivity index (χ0n) is 14.3. The summed E-state index contributed by atoms with van der Waals surface area (Å²) >= 11 is 6.06. The van der Waals surface area contributed by atoms with Crippen LogP contribution in [-0.2, 0) is 9.53 Å². The minimum Gasteiger partial charge on any atom is -0.441 e. The first-order valence-electron chi connectivity index (χ1n) is 8.18. The van der Waals surface area contributed by atoms with Crippen LogP contribution < -0.4 is 10.2 Å². The average molecular weight is 372 g/mol. The van der Waals surface area contributed by atoms with Gasteiger partial charge < -0.3 is 19.4 Å². The van der Waals surface area contributed by atoms with E-state index in [0.717, 1.165) is 18.7 Å². The predicted molar refractivity (Wildman–Crippen MR) is 100 cm³/mol. The molecule has 7 heteroatoms. The molecule has 0 saturated carbocycles. The lowest BCUT2D eigenvalue weighted by Gasteiger charge is -2.26. The van der Waals surface area contributed by atoms with Gasteiger partial charge in [0.05, 0.1) is 13.2 Å². The van der Waals surface area contributed by atoms with Crippen LogP contribution in [0.4, 0.5) is 11.6 Å². The molecule has 0 unspecified atom stereocenters. The zero-order chi connectivity index (χ0) is 18.5. The number of nitriles is 1. The van der Waals surface area contributed by atoms with Crippen LogP contribution in [0.5, 0.6) is 0 Å². The van der Waals surface area contributed by atoms with Gasteiger partial charge in [-0.15, -0.1) is 0 Å². The number of halogens is 1. The van der Waals surface area contributed by atoms with E-state index in [4.69, 9.17) is 20.8 Å². The van der Waals surface area contributed by atoms with Gasteiger partial charge in [0.2, 0.25) is 0 Å². The molecule has 1 saturated heterocycles. The molecule has 0 aliphatic carbocycles. The van der Waals surface area contributed by atoms with E-state index in [1.165, 1.54) is 6.08 Å². The molecular formula is C19H18ClN3O3. The maximum absolute atomic E-state index is 12.3. The van der Waals surface area contributed by atoms with Gasteiger partial charge in [-0.25, -0.2) is 0 Å². The number of furan rings is 1. The van der Waals surface area contributed by atoms with Gasteiger partial charge in [-0.2, -0.15) is 5.26 Å². The van der Waals surface area contributed by atoms with E-state index in [9.17, 15) is 10.1 Å². The van der Waals surface area contributed by atoms with Gasteiger partial charge in [0.1, 0.15) is 17.4 Å². The van der Waals surface area contributed by atoms with E-state index >= 15 is 0 Å². The molecule has 6 nitrogen and oxygen atoms in total. The van der Waals surface area contributed by atoms with Crippen molar-refractivity contribution in [3.63, 3.8) is 0 Å². The lowest BCUT2D eigenvalue weighted by atomic mass is 10.2. The fourth-order valence-corrected chi connectivity index (χ4v) is 2.71. The summed E-state index contributed by atoms with van der Waals surface area (Å²) in [5.41, 5.74) is 1.39. The van der Waals surface area contributed by atoms with Gasteiger partial charge in [-0.05, 0) is 30.7 Å². The summed E-state index contributed by atoms with van der Waals surface area (Å²) in [6.45, 7) is 4.66. The minimum atomic E-state index is -0.517. The number of morpholine rings is 1. The molecule has 1 aliphatic rings. The lowest BCUT2D eigenvalue weighted by molar-refractivity contribution is -0.112. The highest BCUT2D eigenvalue weighted by molar-refractivity contribution is 6.31. The molecule has 0 radical (unpaired) electrons. The van der Waals surface area contributed by atoms with Crippen molar-refractivity contribution in [3.05, 3.63) is 52.3 Å². The van der Waals surface area contributed by atoms with Crippen molar-refractivity contribution in [2.45, 2.75) is 6.92 Å². The molecular weight excluding hydrogens is 354 g/mol. The Balaban J connectivity index is 1.73. The second kappa shape index (κ2) is 8.09. The summed E-state index contributed by atoms with van der Waals surface area (Å²) in [4.78, 5) is 14.4.